The highest BCUT2D eigenvalue weighted by Gasteiger charge is 2.19. The molecule has 0 aliphatic heterocycles. The lowest BCUT2D eigenvalue weighted by Crippen LogP contribution is -2.30. The van der Waals surface area contributed by atoms with Crippen molar-refractivity contribution in [3.8, 4) is 0 Å². The van der Waals surface area contributed by atoms with Crippen LogP contribution in [0.25, 0.3) is 0 Å². The van der Waals surface area contributed by atoms with Gasteiger partial charge in [0.1, 0.15) is 13.2 Å². The summed E-state index contributed by atoms with van der Waals surface area (Å²) >= 11 is 0. The van der Waals surface area contributed by atoms with Crippen LogP contribution in [-0.2, 0) is 28.6 Å². The van der Waals surface area contributed by atoms with E-state index in [-0.39, 0.29) is 37.5 Å². The van der Waals surface area contributed by atoms with E-state index in [9.17, 15) is 14.4 Å². The van der Waals surface area contributed by atoms with Gasteiger partial charge < -0.3 is 14.2 Å². The first-order chi connectivity index (χ1) is 25.5. The summed E-state index contributed by atoms with van der Waals surface area (Å²) in [5.74, 6) is -0.954. The second kappa shape index (κ2) is 41.6. The second-order valence-electron chi connectivity index (χ2n) is 15.0. The Hall–Kier alpha value is -2.11. The van der Waals surface area contributed by atoms with Gasteiger partial charge in [-0.1, -0.05) is 199 Å². The van der Waals surface area contributed by atoms with Gasteiger partial charge in [-0.2, -0.15) is 0 Å². The Kier molecular flexibility index (Phi) is 40.0. The normalized spacial score (nSPS) is 12.1. The fourth-order valence-corrected chi connectivity index (χ4v) is 6.32. The molecule has 6 nitrogen and oxygen atoms in total. The molecule has 52 heavy (non-hydrogen) atoms. The zero-order valence-corrected chi connectivity index (χ0v) is 34.6. The van der Waals surface area contributed by atoms with E-state index in [0.29, 0.717) is 19.3 Å². The molecule has 0 aliphatic carbocycles. The van der Waals surface area contributed by atoms with E-state index in [2.05, 4.69) is 39.0 Å². The maximum atomic E-state index is 12.7. The highest BCUT2D eigenvalue weighted by molar-refractivity contribution is 5.71. The molecule has 0 rings (SSSR count). The van der Waals surface area contributed by atoms with E-state index in [0.717, 1.165) is 51.4 Å². The molecule has 0 bridgehead atoms. The average molecular weight is 733 g/mol. The van der Waals surface area contributed by atoms with Crippen molar-refractivity contribution in [2.75, 3.05) is 13.2 Å². The van der Waals surface area contributed by atoms with Crippen LogP contribution in [0.4, 0.5) is 0 Å². The summed E-state index contributed by atoms with van der Waals surface area (Å²) in [5.41, 5.74) is 0. The van der Waals surface area contributed by atoms with Crippen molar-refractivity contribution in [2.24, 2.45) is 0 Å². The molecule has 0 heterocycles. The monoisotopic (exact) mass is 733 g/mol. The molecule has 6 heteroatoms. The number of allylic oxidation sites excluding steroid dienone is 4. The van der Waals surface area contributed by atoms with Crippen LogP contribution >= 0.6 is 0 Å². The van der Waals surface area contributed by atoms with Gasteiger partial charge in [0.05, 0.1) is 0 Å². The lowest BCUT2D eigenvalue weighted by atomic mass is 10.1. The summed E-state index contributed by atoms with van der Waals surface area (Å²) in [4.78, 5) is 37.6. The van der Waals surface area contributed by atoms with Crippen LogP contribution < -0.4 is 0 Å². The van der Waals surface area contributed by atoms with E-state index in [4.69, 9.17) is 14.2 Å². The number of ether oxygens (including phenoxy) is 3. The molecule has 0 spiro atoms. The summed E-state index contributed by atoms with van der Waals surface area (Å²) in [7, 11) is 0. The fourth-order valence-electron chi connectivity index (χ4n) is 6.32. The number of hydrogen-bond donors (Lipinski definition) is 0. The maximum absolute atomic E-state index is 12.7. The van der Waals surface area contributed by atoms with Crippen LogP contribution in [0.2, 0.25) is 0 Å². The summed E-state index contributed by atoms with van der Waals surface area (Å²) in [6.45, 7) is 6.55. The van der Waals surface area contributed by atoms with Crippen molar-refractivity contribution >= 4 is 17.9 Å². The standard InChI is InChI=1S/C46H84O6/c1-4-7-10-13-16-19-22-23-25-27-30-33-36-39-45(48)51-42-43(41-50-44(47)38-35-32-29-26-21-18-15-12-9-6-3)52-46(49)40-37-34-31-28-24-20-17-14-11-8-5-2/h23,25,30,33,43H,4-22,24,26-29,31-32,34-42H2,1-3H3/b25-23-,33-30-. The van der Waals surface area contributed by atoms with Gasteiger partial charge in [-0.15, -0.1) is 0 Å². The minimum absolute atomic E-state index is 0.0845. The third kappa shape index (κ3) is 39.1. The van der Waals surface area contributed by atoms with Crippen LogP contribution in [0.5, 0.6) is 0 Å². The predicted octanol–water partition coefficient (Wildman–Crippen LogP) is 14.0. The first-order valence-electron chi connectivity index (χ1n) is 22.3. The molecule has 1 atom stereocenters. The molecule has 0 N–H and O–H groups in total. The van der Waals surface area contributed by atoms with Crippen molar-refractivity contribution in [1.29, 1.82) is 0 Å². The molecule has 0 saturated carbocycles. The number of unbranched alkanes of at least 4 members (excludes halogenated alkanes) is 25. The van der Waals surface area contributed by atoms with E-state index in [1.54, 1.807) is 0 Å². The molecular formula is C46H84O6. The Morgan fingerprint density at radius 1 is 0.385 bits per heavy atom. The minimum atomic E-state index is -0.784. The Morgan fingerprint density at radius 2 is 0.731 bits per heavy atom. The zero-order chi connectivity index (χ0) is 38.0. The van der Waals surface area contributed by atoms with E-state index < -0.39 is 6.10 Å². The Labute approximate surface area is 322 Å². The van der Waals surface area contributed by atoms with Crippen LogP contribution in [-0.4, -0.2) is 37.2 Å². The van der Waals surface area contributed by atoms with Crippen molar-refractivity contribution in [3.05, 3.63) is 24.3 Å². The Balaban J connectivity index is 4.42. The van der Waals surface area contributed by atoms with Crippen LogP contribution in [0.3, 0.4) is 0 Å². The molecule has 304 valence electrons. The van der Waals surface area contributed by atoms with E-state index in [1.807, 2.05) is 6.08 Å². The smallest absolute Gasteiger partial charge is 0.306 e. The van der Waals surface area contributed by atoms with Crippen molar-refractivity contribution < 1.29 is 28.6 Å². The third-order valence-electron chi connectivity index (χ3n) is 9.72. The van der Waals surface area contributed by atoms with Gasteiger partial charge in [0.15, 0.2) is 6.10 Å². The first-order valence-corrected chi connectivity index (χ1v) is 22.3. The van der Waals surface area contributed by atoms with Gasteiger partial charge >= 0.3 is 17.9 Å². The lowest BCUT2D eigenvalue weighted by Gasteiger charge is -2.18. The van der Waals surface area contributed by atoms with E-state index >= 15 is 0 Å². The molecule has 0 aliphatic rings. The molecule has 0 amide bonds. The summed E-state index contributed by atoms with van der Waals surface area (Å²) in [6, 6.07) is 0. The van der Waals surface area contributed by atoms with Crippen molar-refractivity contribution in [3.63, 3.8) is 0 Å². The maximum Gasteiger partial charge on any atom is 0.306 e. The topological polar surface area (TPSA) is 78.9 Å². The highest BCUT2D eigenvalue weighted by Crippen LogP contribution is 2.14. The average Bonchev–Trinajstić information content (AvgIpc) is 3.14. The molecule has 0 fully saturated rings. The van der Waals surface area contributed by atoms with Gasteiger partial charge in [-0.25, -0.2) is 0 Å². The zero-order valence-electron chi connectivity index (χ0n) is 34.6. The predicted molar refractivity (Wildman–Crippen MR) is 219 cm³/mol. The largest absolute Gasteiger partial charge is 0.462 e. The fraction of sp³-hybridized carbons (Fsp3) is 0.848. The molecule has 0 saturated heterocycles. The number of esters is 3. The van der Waals surface area contributed by atoms with Crippen molar-refractivity contribution in [1.82, 2.24) is 0 Å². The molecule has 0 aromatic rings. The van der Waals surface area contributed by atoms with Crippen LogP contribution in [0.15, 0.2) is 24.3 Å². The van der Waals surface area contributed by atoms with Gasteiger partial charge in [-0.3, -0.25) is 14.4 Å². The summed E-state index contributed by atoms with van der Waals surface area (Å²) in [6.07, 6.45) is 44.5. The van der Waals surface area contributed by atoms with Crippen LogP contribution in [0.1, 0.15) is 233 Å². The van der Waals surface area contributed by atoms with Crippen molar-refractivity contribution in [2.45, 2.75) is 239 Å². The quantitative estimate of drug-likeness (QED) is 0.0270. The van der Waals surface area contributed by atoms with Gasteiger partial charge in [0, 0.05) is 19.3 Å². The highest BCUT2D eigenvalue weighted by atomic mass is 16.6. The lowest BCUT2D eigenvalue weighted by molar-refractivity contribution is -0.166. The molecule has 0 aromatic heterocycles. The van der Waals surface area contributed by atoms with Crippen LogP contribution in [0, 0.1) is 0 Å². The van der Waals surface area contributed by atoms with Gasteiger partial charge in [0.2, 0.25) is 0 Å². The number of carbonyl (C=O) groups excluding carboxylic acids is 3. The Bertz CT molecular complexity index is 850. The van der Waals surface area contributed by atoms with Gasteiger partial charge in [0.25, 0.3) is 0 Å². The second-order valence-corrected chi connectivity index (χ2v) is 15.0. The number of rotatable bonds is 40. The molecule has 1 unspecified atom stereocenters. The van der Waals surface area contributed by atoms with Gasteiger partial charge in [-0.05, 0) is 38.5 Å². The number of hydrogen-bond acceptors (Lipinski definition) is 6. The summed E-state index contributed by atoms with van der Waals surface area (Å²) < 4.78 is 16.6. The summed E-state index contributed by atoms with van der Waals surface area (Å²) in [5, 5.41) is 0. The van der Waals surface area contributed by atoms with E-state index in [1.165, 1.54) is 135 Å². The minimum Gasteiger partial charge on any atom is -0.462 e. The number of carbonyl (C=O) groups is 3. The molecule has 0 radical (unpaired) electrons. The third-order valence-corrected chi connectivity index (χ3v) is 9.72. The SMILES string of the molecule is CCCCCCCC/C=C\C/C=C\CCC(=O)OCC(COC(=O)CCCCCCCCCCCC)OC(=O)CCCCCCCCCCCCC. The molecule has 0 aromatic carbocycles. The molecular weight excluding hydrogens is 648 g/mol. The first kappa shape index (κ1) is 49.9. The Morgan fingerprint density at radius 3 is 1.17 bits per heavy atom.